The number of carbonyl (C=O) groups is 1. The van der Waals surface area contributed by atoms with Crippen molar-refractivity contribution in [2.24, 2.45) is 17.3 Å². The van der Waals surface area contributed by atoms with Crippen molar-refractivity contribution in [2.45, 2.75) is 26.9 Å². The first kappa shape index (κ1) is 14.4. The van der Waals surface area contributed by atoms with Crippen LogP contribution in [0.4, 0.5) is 13.2 Å². The molecule has 0 amide bonds. The van der Waals surface area contributed by atoms with Gasteiger partial charge in [-0.1, -0.05) is 31.5 Å². The van der Waals surface area contributed by atoms with Gasteiger partial charge in [0.1, 0.15) is 5.03 Å². The second-order valence-electron chi connectivity index (χ2n) is 4.59. The zero-order valence-corrected chi connectivity index (χ0v) is 10.5. The Labute approximate surface area is 103 Å². The van der Waals surface area contributed by atoms with Crippen LogP contribution in [0.2, 0.25) is 0 Å². The minimum Gasteiger partial charge on any atom is -0.466 e. The van der Waals surface area contributed by atoms with Gasteiger partial charge in [-0.25, -0.2) is 0 Å². The number of esters is 1. The van der Waals surface area contributed by atoms with Crippen molar-refractivity contribution in [2.75, 3.05) is 6.61 Å². The quantitative estimate of drug-likeness (QED) is 0.734. The SMILES string of the molecule is CCOC(=O)C1C(C=C(Cl)C(F)(F)F)C1(C)C. The van der Waals surface area contributed by atoms with Crippen molar-refractivity contribution in [1.82, 2.24) is 0 Å². The molecule has 1 fully saturated rings. The van der Waals surface area contributed by atoms with Gasteiger partial charge < -0.3 is 4.74 Å². The van der Waals surface area contributed by atoms with Gasteiger partial charge in [-0.2, -0.15) is 13.2 Å². The standard InChI is InChI=1S/C11H14ClF3O2/c1-4-17-9(16)8-6(10(8,2)3)5-7(12)11(13,14)15/h5-6,8H,4H2,1-3H3. The van der Waals surface area contributed by atoms with Crippen LogP contribution in [0, 0.1) is 17.3 Å². The number of ether oxygens (including phenoxy) is 1. The average Bonchev–Trinajstić information content (AvgIpc) is 2.67. The molecule has 0 bridgehead atoms. The van der Waals surface area contributed by atoms with E-state index in [4.69, 9.17) is 16.3 Å². The number of alkyl halides is 3. The molecule has 98 valence electrons. The summed E-state index contributed by atoms with van der Waals surface area (Å²) in [5.74, 6) is -1.53. The molecule has 0 heterocycles. The van der Waals surface area contributed by atoms with Crippen molar-refractivity contribution < 1.29 is 22.7 Å². The molecule has 0 N–H and O–H groups in total. The lowest BCUT2D eigenvalue weighted by atomic mass is 10.1. The Kier molecular flexibility index (Phi) is 3.81. The van der Waals surface area contributed by atoms with Crippen molar-refractivity contribution in [3.05, 3.63) is 11.1 Å². The van der Waals surface area contributed by atoms with E-state index in [1.807, 2.05) is 0 Å². The predicted octanol–water partition coefficient (Wildman–Crippen LogP) is 3.51. The number of halogens is 4. The third kappa shape index (κ3) is 2.94. The van der Waals surface area contributed by atoms with Crippen molar-refractivity contribution >= 4 is 17.6 Å². The van der Waals surface area contributed by atoms with Gasteiger partial charge in [-0.3, -0.25) is 4.79 Å². The molecular weight excluding hydrogens is 257 g/mol. The van der Waals surface area contributed by atoms with E-state index in [1.54, 1.807) is 20.8 Å². The second-order valence-corrected chi connectivity index (χ2v) is 5.00. The average molecular weight is 271 g/mol. The van der Waals surface area contributed by atoms with Crippen LogP contribution in [0.1, 0.15) is 20.8 Å². The van der Waals surface area contributed by atoms with E-state index in [0.29, 0.717) is 0 Å². The molecule has 0 aromatic rings. The summed E-state index contributed by atoms with van der Waals surface area (Å²) in [6.45, 7) is 5.31. The zero-order valence-electron chi connectivity index (χ0n) is 9.77. The maximum absolute atomic E-state index is 12.2. The van der Waals surface area contributed by atoms with Crippen LogP contribution in [-0.4, -0.2) is 18.8 Å². The minimum absolute atomic E-state index is 0.217. The molecule has 2 nitrogen and oxygen atoms in total. The molecule has 2 atom stereocenters. The number of hydrogen-bond acceptors (Lipinski definition) is 2. The van der Waals surface area contributed by atoms with E-state index in [-0.39, 0.29) is 6.61 Å². The molecule has 1 rings (SSSR count). The first-order chi connectivity index (χ1) is 7.62. The summed E-state index contributed by atoms with van der Waals surface area (Å²) in [7, 11) is 0. The topological polar surface area (TPSA) is 26.3 Å². The highest BCUT2D eigenvalue weighted by Gasteiger charge is 2.62. The molecule has 2 unspecified atom stereocenters. The molecule has 0 aromatic carbocycles. The summed E-state index contributed by atoms with van der Waals surface area (Å²) in [4.78, 5) is 11.5. The fraction of sp³-hybridized carbons (Fsp3) is 0.727. The zero-order chi connectivity index (χ0) is 13.4. The summed E-state index contributed by atoms with van der Waals surface area (Å²) in [5.41, 5.74) is -0.530. The van der Waals surface area contributed by atoms with E-state index in [2.05, 4.69) is 0 Å². The minimum atomic E-state index is -4.56. The Bertz CT molecular complexity index is 347. The van der Waals surface area contributed by atoms with Gasteiger partial charge in [0.25, 0.3) is 0 Å². The summed E-state index contributed by atoms with van der Waals surface area (Å²) in [6.07, 6.45) is -3.65. The van der Waals surface area contributed by atoms with E-state index < -0.39 is 34.4 Å². The molecule has 1 saturated carbocycles. The maximum Gasteiger partial charge on any atom is 0.426 e. The fourth-order valence-electron chi connectivity index (χ4n) is 1.92. The third-order valence-electron chi connectivity index (χ3n) is 3.05. The molecule has 0 spiro atoms. The summed E-state index contributed by atoms with van der Waals surface area (Å²) < 4.78 is 41.6. The number of rotatable bonds is 3. The maximum atomic E-state index is 12.2. The van der Waals surface area contributed by atoms with Crippen LogP contribution in [0.25, 0.3) is 0 Å². The van der Waals surface area contributed by atoms with Crippen LogP contribution in [-0.2, 0) is 9.53 Å². The van der Waals surface area contributed by atoms with Crippen LogP contribution in [0.15, 0.2) is 11.1 Å². The smallest absolute Gasteiger partial charge is 0.426 e. The highest BCUT2D eigenvalue weighted by molar-refractivity contribution is 6.30. The molecule has 1 aliphatic rings. The van der Waals surface area contributed by atoms with Crippen molar-refractivity contribution in [3.8, 4) is 0 Å². The van der Waals surface area contributed by atoms with E-state index in [9.17, 15) is 18.0 Å². The monoisotopic (exact) mass is 270 g/mol. The first-order valence-corrected chi connectivity index (χ1v) is 5.61. The van der Waals surface area contributed by atoms with Gasteiger partial charge >= 0.3 is 12.1 Å². The predicted molar refractivity (Wildman–Crippen MR) is 57.4 cm³/mol. The molecule has 0 aliphatic heterocycles. The lowest BCUT2D eigenvalue weighted by Crippen LogP contribution is -2.10. The van der Waals surface area contributed by atoms with Gasteiger partial charge in [0, 0.05) is 0 Å². The Balaban J connectivity index is 2.79. The molecule has 0 radical (unpaired) electrons. The normalized spacial score (nSPS) is 27.8. The van der Waals surface area contributed by atoms with E-state index >= 15 is 0 Å². The molecule has 1 aliphatic carbocycles. The third-order valence-corrected chi connectivity index (χ3v) is 3.39. The van der Waals surface area contributed by atoms with Gasteiger partial charge in [0.2, 0.25) is 0 Å². The molecular formula is C11H14ClF3O2. The fourth-order valence-corrected chi connectivity index (χ4v) is 2.06. The Morgan fingerprint density at radius 2 is 2.00 bits per heavy atom. The number of carbonyl (C=O) groups excluding carboxylic acids is 1. The Morgan fingerprint density at radius 1 is 1.47 bits per heavy atom. The molecule has 0 aromatic heterocycles. The number of hydrogen-bond donors (Lipinski definition) is 0. The second kappa shape index (κ2) is 4.52. The van der Waals surface area contributed by atoms with Crippen molar-refractivity contribution in [1.29, 1.82) is 0 Å². The van der Waals surface area contributed by atoms with Gasteiger partial charge in [0.05, 0.1) is 12.5 Å². The summed E-state index contributed by atoms with van der Waals surface area (Å²) in [5, 5.41) is -1.18. The van der Waals surface area contributed by atoms with E-state index in [1.165, 1.54) is 0 Å². The lowest BCUT2D eigenvalue weighted by molar-refractivity contribution is -0.145. The largest absolute Gasteiger partial charge is 0.466 e. The highest BCUT2D eigenvalue weighted by atomic mass is 35.5. The van der Waals surface area contributed by atoms with Crippen LogP contribution in [0.3, 0.4) is 0 Å². The first-order valence-electron chi connectivity index (χ1n) is 5.23. The number of allylic oxidation sites excluding steroid dienone is 2. The van der Waals surface area contributed by atoms with Gasteiger partial charge in [0.15, 0.2) is 0 Å². The Hall–Kier alpha value is -0.710. The molecule has 17 heavy (non-hydrogen) atoms. The van der Waals surface area contributed by atoms with Crippen LogP contribution >= 0.6 is 11.6 Å². The molecule has 6 heteroatoms. The van der Waals surface area contributed by atoms with Crippen molar-refractivity contribution in [3.63, 3.8) is 0 Å². The van der Waals surface area contributed by atoms with Crippen LogP contribution < -0.4 is 0 Å². The Morgan fingerprint density at radius 3 is 2.41 bits per heavy atom. The summed E-state index contributed by atoms with van der Waals surface area (Å²) in [6, 6.07) is 0. The van der Waals surface area contributed by atoms with Gasteiger partial charge in [-0.15, -0.1) is 0 Å². The van der Waals surface area contributed by atoms with E-state index in [0.717, 1.165) is 6.08 Å². The summed E-state index contributed by atoms with van der Waals surface area (Å²) >= 11 is 5.15. The van der Waals surface area contributed by atoms with Gasteiger partial charge in [-0.05, 0) is 18.3 Å². The van der Waals surface area contributed by atoms with Crippen LogP contribution in [0.5, 0.6) is 0 Å². The molecule has 0 saturated heterocycles. The lowest BCUT2D eigenvalue weighted by Gasteiger charge is -2.04. The highest BCUT2D eigenvalue weighted by Crippen LogP contribution is 2.60.